The fourth-order valence-electron chi connectivity index (χ4n) is 3.83. The number of hydrogen-bond acceptors (Lipinski definition) is 4. The summed E-state index contributed by atoms with van der Waals surface area (Å²) in [5.74, 6) is -1.38. The van der Waals surface area contributed by atoms with Crippen molar-refractivity contribution in [1.29, 1.82) is 0 Å². The number of carboxylic acids is 1. The molecular weight excluding hydrogens is 417 g/mol. The van der Waals surface area contributed by atoms with E-state index in [2.05, 4.69) is 4.98 Å². The topological polar surface area (TPSA) is 104 Å². The quantitative estimate of drug-likeness (QED) is 0.467. The Balaban J connectivity index is 1.93. The van der Waals surface area contributed by atoms with E-state index >= 15 is 0 Å². The minimum absolute atomic E-state index is 0.0707. The summed E-state index contributed by atoms with van der Waals surface area (Å²) >= 11 is 0. The first kappa shape index (κ1) is 19.5. The Morgan fingerprint density at radius 3 is 2.41 bits per heavy atom. The summed E-state index contributed by atoms with van der Waals surface area (Å²) in [4.78, 5) is 41.4. The number of imidazole rings is 2. The largest absolute Gasteiger partial charge is 0.480 e. The molecule has 5 rings (SSSR count). The maximum atomic E-state index is 13.6. The summed E-state index contributed by atoms with van der Waals surface area (Å²) < 4.78 is 18.7. The van der Waals surface area contributed by atoms with Crippen molar-refractivity contribution in [3.63, 3.8) is 0 Å². The van der Waals surface area contributed by atoms with Gasteiger partial charge in [0.15, 0.2) is 11.2 Å². The SMILES string of the molecule is Cn1c(=O)n(CC(=O)O)c(=O)c2c1nc1n(-c3ccc(F)cc3)c(-c3ccccc3)cn21. The van der Waals surface area contributed by atoms with E-state index in [1.165, 1.54) is 23.6 Å². The molecular formula is C22H16FN5O4. The van der Waals surface area contributed by atoms with Crippen LogP contribution in [0.3, 0.4) is 0 Å². The predicted octanol–water partition coefficient (Wildman–Crippen LogP) is 2.03. The van der Waals surface area contributed by atoms with Gasteiger partial charge in [-0.2, -0.15) is 4.98 Å². The number of hydrogen-bond donors (Lipinski definition) is 1. The molecule has 160 valence electrons. The molecule has 0 amide bonds. The summed E-state index contributed by atoms with van der Waals surface area (Å²) in [6, 6.07) is 15.2. The van der Waals surface area contributed by atoms with Crippen molar-refractivity contribution in [2.45, 2.75) is 6.54 Å². The first-order chi connectivity index (χ1) is 15.4. The molecule has 5 aromatic rings. The molecule has 0 spiro atoms. The highest BCUT2D eigenvalue weighted by atomic mass is 19.1. The molecule has 3 aromatic heterocycles. The number of benzene rings is 2. The van der Waals surface area contributed by atoms with Gasteiger partial charge in [-0.25, -0.2) is 13.8 Å². The summed E-state index contributed by atoms with van der Waals surface area (Å²) in [5, 5.41) is 9.15. The van der Waals surface area contributed by atoms with Gasteiger partial charge < -0.3 is 5.11 Å². The molecule has 0 aliphatic rings. The second-order valence-electron chi connectivity index (χ2n) is 7.27. The second-order valence-corrected chi connectivity index (χ2v) is 7.27. The third-order valence-corrected chi connectivity index (χ3v) is 5.30. The van der Waals surface area contributed by atoms with Crippen LogP contribution in [0, 0.1) is 5.82 Å². The second kappa shape index (κ2) is 7.05. The maximum Gasteiger partial charge on any atom is 0.333 e. The van der Waals surface area contributed by atoms with Gasteiger partial charge in [0.2, 0.25) is 5.78 Å². The van der Waals surface area contributed by atoms with Crippen LogP contribution in [0.4, 0.5) is 4.39 Å². The number of aryl methyl sites for hydroxylation is 1. The van der Waals surface area contributed by atoms with Gasteiger partial charge in [-0.3, -0.25) is 23.1 Å². The molecule has 0 fully saturated rings. The Morgan fingerprint density at radius 2 is 1.75 bits per heavy atom. The van der Waals surface area contributed by atoms with Crippen molar-refractivity contribution in [2.75, 3.05) is 0 Å². The van der Waals surface area contributed by atoms with Crippen LogP contribution in [-0.4, -0.2) is 34.2 Å². The van der Waals surface area contributed by atoms with Crippen molar-refractivity contribution in [1.82, 2.24) is 23.1 Å². The molecule has 9 nitrogen and oxygen atoms in total. The molecule has 0 bridgehead atoms. The number of nitrogens with zero attached hydrogens (tertiary/aromatic N) is 5. The average molecular weight is 433 g/mol. The normalized spacial score (nSPS) is 11.4. The maximum absolute atomic E-state index is 13.6. The van der Waals surface area contributed by atoms with Crippen molar-refractivity contribution < 1.29 is 14.3 Å². The standard InChI is InChI=1S/C22H16FN5O4/c1-25-19-18(20(31)27(22(25)32)12-17(29)30)26-11-16(13-5-3-2-4-6-13)28(21(26)24-19)15-9-7-14(23)8-10-15/h2-11H,12H2,1H3,(H,29,30). The minimum Gasteiger partial charge on any atom is -0.480 e. The van der Waals surface area contributed by atoms with Gasteiger partial charge >= 0.3 is 11.7 Å². The minimum atomic E-state index is -1.31. The summed E-state index contributed by atoms with van der Waals surface area (Å²) in [6.45, 7) is -0.765. The zero-order valence-electron chi connectivity index (χ0n) is 16.8. The van der Waals surface area contributed by atoms with E-state index in [4.69, 9.17) is 5.11 Å². The molecule has 10 heteroatoms. The average Bonchev–Trinajstić information content (AvgIpc) is 3.33. The van der Waals surface area contributed by atoms with Crippen molar-refractivity contribution in [3.8, 4) is 16.9 Å². The van der Waals surface area contributed by atoms with Crippen molar-refractivity contribution in [2.24, 2.45) is 7.05 Å². The van der Waals surface area contributed by atoms with Crippen molar-refractivity contribution >= 4 is 22.9 Å². The van der Waals surface area contributed by atoms with Gasteiger partial charge in [0.1, 0.15) is 12.4 Å². The van der Waals surface area contributed by atoms with Gasteiger partial charge in [-0.1, -0.05) is 30.3 Å². The number of aromatic nitrogens is 5. The molecule has 2 aromatic carbocycles. The van der Waals surface area contributed by atoms with E-state index in [1.807, 2.05) is 30.3 Å². The van der Waals surface area contributed by atoms with Gasteiger partial charge in [0.25, 0.3) is 5.56 Å². The van der Waals surface area contributed by atoms with Crippen LogP contribution in [0.5, 0.6) is 0 Å². The lowest BCUT2D eigenvalue weighted by molar-refractivity contribution is -0.137. The molecule has 0 atom stereocenters. The van der Waals surface area contributed by atoms with E-state index in [1.54, 1.807) is 22.9 Å². The first-order valence-electron chi connectivity index (χ1n) is 9.63. The van der Waals surface area contributed by atoms with E-state index in [9.17, 15) is 18.8 Å². The van der Waals surface area contributed by atoms with Gasteiger partial charge in [0.05, 0.1) is 5.69 Å². The summed E-state index contributed by atoms with van der Waals surface area (Å²) in [5.41, 5.74) is 0.766. The molecule has 1 N–H and O–H groups in total. The molecule has 0 aliphatic carbocycles. The molecule has 0 radical (unpaired) electrons. The number of aliphatic carboxylic acids is 1. The molecule has 0 unspecified atom stereocenters. The van der Waals surface area contributed by atoms with Gasteiger partial charge in [-0.05, 0) is 24.3 Å². The van der Waals surface area contributed by atoms with Gasteiger partial charge in [-0.15, -0.1) is 0 Å². The Hall–Kier alpha value is -4.47. The monoisotopic (exact) mass is 433 g/mol. The van der Waals surface area contributed by atoms with E-state index in [-0.39, 0.29) is 11.2 Å². The number of carbonyl (C=O) groups is 1. The van der Waals surface area contributed by atoms with Crippen LogP contribution in [0.25, 0.3) is 33.9 Å². The lowest BCUT2D eigenvalue weighted by Crippen LogP contribution is -2.41. The smallest absolute Gasteiger partial charge is 0.333 e. The summed E-state index contributed by atoms with van der Waals surface area (Å²) in [6.07, 6.45) is 1.69. The Kier molecular flexibility index (Phi) is 4.29. The van der Waals surface area contributed by atoms with Crippen LogP contribution < -0.4 is 11.2 Å². The highest BCUT2D eigenvalue weighted by molar-refractivity contribution is 5.79. The lowest BCUT2D eigenvalue weighted by Gasteiger charge is -2.09. The number of halogens is 1. The summed E-state index contributed by atoms with van der Waals surface area (Å²) in [7, 11) is 1.43. The Morgan fingerprint density at radius 1 is 1.06 bits per heavy atom. The Labute approximate surface area is 178 Å². The van der Waals surface area contributed by atoms with Crippen LogP contribution in [0.15, 0.2) is 70.4 Å². The molecule has 0 aliphatic heterocycles. The molecule has 32 heavy (non-hydrogen) atoms. The third-order valence-electron chi connectivity index (χ3n) is 5.30. The number of fused-ring (bicyclic) bond motifs is 3. The van der Waals surface area contributed by atoms with E-state index in [0.717, 1.165) is 10.1 Å². The van der Waals surface area contributed by atoms with Crippen molar-refractivity contribution in [3.05, 3.63) is 87.4 Å². The molecule has 0 saturated carbocycles. The highest BCUT2D eigenvalue weighted by Crippen LogP contribution is 2.28. The van der Waals surface area contributed by atoms with Gasteiger partial charge in [0, 0.05) is 24.5 Å². The van der Waals surface area contributed by atoms with Crippen LogP contribution >= 0.6 is 0 Å². The molecule has 3 heterocycles. The third kappa shape index (κ3) is 2.84. The molecule has 0 saturated heterocycles. The van der Waals surface area contributed by atoms with Crippen LogP contribution in [0.1, 0.15) is 0 Å². The van der Waals surface area contributed by atoms with E-state index < -0.39 is 29.6 Å². The lowest BCUT2D eigenvalue weighted by atomic mass is 10.1. The predicted molar refractivity (Wildman–Crippen MR) is 115 cm³/mol. The number of rotatable bonds is 4. The van der Waals surface area contributed by atoms with Crippen LogP contribution in [-0.2, 0) is 18.4 Å². The fourth-order valence-corrected chi connectivity index (χ4v) is 3.83. The highest BCUT2D eigenvalue weighted by Gasteiger charge is 2.23. The zero-order chi connectivity index (χ0) is 22.6. The fraction of sp³-hybridized carbons (Fsp3) is 0.0909. The Bertz CT molecular complexity index is 1630. The first-order valence-corrected chi connectivity index (χ1v) is 9.63. The number of carboxylic acid groups (broad SMARTS) is 1. The zero-order valence-corrected chi connectivity index (χ0v) is 16.8. The van der Waals surface area contributed by atoms with Crippen LogP contribution in [0.2, 0.25) is 0 Å². The van der Waals surface area contributed by atoms with E-state index in [0.29, 0.717) is 21.7 Å².